The number of amides is 1. The van der Waals surface area contributed by atoms with Gasteiger partial charge in [0.25, 0.3) is 5.91 Å². The highest BCUT2D eigenvalue weighted by Crippen LogP contribution is 2.28. The summed E-state index contributed by atoms with van der Waals surface area (Å²) < 4.78 is 25.9. The molecule has 0 atom stereocenters. The highest BCUT2D eigenvalue weighted by Gasteiger charge is 2.15. The number of carbonyl (C=O) groups is 1. The first-order chi connectivity index (χ1) is 12.0. The Kier molecular flexibility index (Phi) is 6.58. The Bertz CT molecular complexity index is 905. The van der Waals surface area contributed by atoms with E-state index in [1.54, 1.807) is 18.2 Å². The van der Waals surface area contributed by atoms with Crippen molar-refractivity contribution in [2.75, 3.05) is 18.1 Å². The van der Waals surface area contributed by atoms with Gasteiger partial charge in [-0.3, -0.25) is 4.79 Å². The van der Waals surface area contributed by atoms with Gasteiger partial charge in [-0.25, -0.2) is 13.1 Å². The Balaban J connectivity index is 2.21. The number of nitriles is 1. The monoisotopic (exact) mass is 375 g/mol. The average Bonchev–Trinajstić information content (AvgIpc) is 2.63. The number of rotatable bonds is 7. The first-order valence-electron chi connectivity index (χ1n) is 7.41. The van der Waals surface area contributed by atoms with Crippen molar-refractivity contribution in [2.24, 2.45) is 0 Å². The summed E-state index contributed by atoms with van der Waals surface area (Å²) in [5.74, 6) is 0.223. The van der Waals surface area contributed by atoms with E-state index in [0.717, 1.165) is 4.90 Å². The molecule has 0 bridgehead atoms. The fourth-order valence-electron chi connectivity index (χ4n) is 2.02. The normalized spacial score (nSPS) is 10.9. The molecule has 0 spiro atoms. The van der Waals surface area contributed by atoms with Gasteiger partial charge in [0.1, 0.15) is 0 Å². The van der Waals surface area contributed by atoms with E-state index >= 15 is 0 Å². The summed E-state index contributed by atoms with van der Waals surface area (Å²) >= 11 is 1.48. The Labute approximate surface area is 151 Å². The molecule has 0 aliphatic carbocycles. The molecule has 8 heteroatoms. The van der Waals surface area contributed by atoms with Crippen LogP contribution in [0, 0.1) is 11.3 Å². The molecular weight excluding hydrogens is 358 g/mol. The lowest BCUT2D eigenvalue weighted by molar-refractivity contribution is 0.102. The first kappa shape index (κ1) is 19.0. The van der Waals surface area contributed by atoms with Crippen LogP contribution in [-0.4, -0.2) is 27.1 Å². The van der Waals surface area contributed by atoms with Gasteiger partial charge in [-0.2, -0.15) is 5.26 Å². The van der Waals surface area contributed by atoms with Crippen LogP contribution in [0.3, 0.4) is 0 Å². The molecule has 0 aliphatic rings. The Morgan fingerprint density at radius 3 is 2.68 bits per heavy atom. The van der Waals surface area contributed by atoms with Crippen LogP contribution in [0.4, 0.5) is 5.69 Å². The topological polar surface area (TPSA) is 99.1 Å². The predicted octanol–water partition coefficient (Wildman–Crippen LogP) is 2.85. The van der Waals surface area contributed by atoms with E-state index in [1.807, 2.05) is 12.1 Å². The summed E-state index contributed by atoms with van der Waals surface area (Å²) in [6, 6.07) is 15.2. The molecule has 25 heavy (non-hydrogen) atoms. The number of sulfonamides is 1. The maximum atomic E-state index is 12.5. The zero-order chi connectivity index (χ0) is 18.3. The van der Waals surface area contributed by atoms with Gasteiger partial charge in [0.15, 0.2) is 0 Å². The van der Waals surface area contributed by atoms with Gasteiger partial charge < -0.3 is 5.32 Å². The molecule has 2 rings (SSSR count). The van der Waals surface area contributed by atoms with Crippen molar-refractivity contribution in [3.63, 3.8) is 0 Å². The summed E-state index contributed by atoms with van der Waals surface area (Å²) in [5, 5.41) is 11.4. The van der Waals surface area contributed by atoms with Gasteiger partial charge >= 0.3 is 0 Å². The van der Waals surface area contributed by atoms with Gasteiger partial charge in [0.05, 0.1) is 16.7 Å². The van der Waals surface area contributed by atoms with Crippen LogP contribution in [-0.2, 0) is 10.0 Å². The van der Waals surface area contributed by atoms with Crippen molar-refractivity contribution >= 4 is 33.4 Å². The first-order valence-corrected chi connectivity index (χ1v) is 9.88. The maximum Gasteiger partial charge on any atom is 0.255 e. The van der Waals surface area contributed by atoms with E-state index in [2.05, 4.69) is 16.1 Å². The van der Waals surface area contributed by atoms with Gasteiger partial charge in [-0.05, 0) is 37.4 Å². The fraction of sp³-hybridized carbons (Fsp3) is 0.176. The third-order valence-corrected chi connectivity index (χ3v) is 5.77. The van der Waals surface area contributed by atoms with Crippen LogP contribution in [0.1, 0.15) is 16.8 Å². The smallest absolute Gasteiger partial charge is 0.255 e. The quantitative estimate of drug-likeness (QED) is 0.573. The van der Waals surface area contributed by atoms with Crippen LogP contribution >= 0.6 is 11.8 Å². The number of anilines is 1. The molecule has 0 unspecified atom stereocenters. The van der Waals surface area contributed by atoms with E-state index < -0.39 is 15.9 Å². The number of thioether (sulfide) groups is 1. The van der Waals surface area contributed by atoms with E-state index in [-0.39, 0.29) is 10.5 Å². The Morgan fingerprint density at radius 1 is 1.20 bits per heavy atom. The van der Waals surface area contributed by atoms with Crippen molar-refractivity contribution < 1.29 is 13.2 Å². The number of para-hydroxylation sites is 1. The average molecular weight is 375 g/mol. The molecular formula is C17H17N3O3S2. The van der Waals surface area contributed by atoms with Gasteiger partial charge in [-0.1, -0.05) is 18.2 Å². The largest absolute Gasteiger partial charge is 0.321 e. The number of nitrogens with zero attached hydrogens (tertiary/aromatic N) is 1. The minimum absolute atomic E-state index is 0.0272. The van der Waals surface area contributed by atoms with Crippen molar-refractivity contribution in [1.82, 2.24) is 4.72 Å². The highest BCUT2D eigenvalue weighted by atomic mass is 32.2. The van der Waals surface area contributed by atoms with E-state index in [0.29, 0.717) is 17.9 Å². The van der Waals surface area contributed by atoms with Crippen molar-refractivity contribution in [3.8, 4) is 6.07 Å². The minimum Gasteiger partial charge on any atom is -0.321 e. The SMILES string of the molecule is CNS(=O)(=O)c1cccc(C(=O)Nc2ccccc2SCCC#N)c1. The maximum absolute atomic E-state index is 12.5. The predicted molar refractivity (Wildman–Crippen MR) is 98.0 cm³/mol. The third kappa shape index (κ3) is 5.06. The van der Waals surface area contributed by atoms with Crippen molar-refractivity contribution in [3.05, 3.63) is 54.1 Å². The standard InChI is InChI=1S/C17H17N3O3S2/c1-19-25(22,23)14-7-4-6-13(12-14)17(21)20-15-8-2-3-9-16(15)24-11-5-10-18/h2-4,6-9,12,19H,5,11H2,1H3,(H,20,21). The lowest BCUT2D eigenvalue weighted by Gasteiger charge is -2.11. The lowest BCUT2D eigenvalue weighted by Crippen LogP contribution is -2.19. The molecule has 0 saturated carbocycles. The second kappa shape index (κ2) is 8.67. The summed E-state index contributed by atoms with van der Waals surface area (Å²) in [4.78, 5) is 13.4. The number of carbonyl (C=O) groups excluding carboxylic acids is 1. The molecule has 2 aromatic rings. The van der Waals surface area contributed by atoms with Gasteiger partial charge in [-0.15, -0.1) is 11.8 Å². The number of benzene rings is 2. The highest BCUT2D eigenvalue weighted by molar-refractivity contribution is 7.99. The Hall–Kier alpha value is -2.34. The third-order valence-electron chi connectivity index (χ3n) is 3.28. The minimum atomic E-state index is -3.61. The van der Waals surface area contributed by atoms with E-state index in [4.69, 9.17) is 5.26 Å². The van der Waals surface area contributed by atoms with Crippen molar-refractivity contribution in [1.29, 1.82) is 5.26 Å². The van der Waals surface area contributed by atoms with E-state index in [1.165, 1.54) is 37.0 Å². The molecule has 0 fully saturated rings. The molecule has 6 nitrogen and oxygen atoms in total. The molecule has 0 saturated heterocycles. The van der Waals surface area contributed by atoms with Crippen LogP contribution in [0.25, 0.3) is 0 Å². The summed E-state index contributed by atoms with van der Waals surface area (Å²) in [6.07, 6.45) is 0.414. The van der Waals surface area contributed by atoms with Crippen LogP contribution in [0.2, 0.25) is 0 Å². The molecule has 0 aromatic heterocycles. The van der Waals surface area contributed by atoms with E-state index in [9.17, 15) is 13.2 Å². The van der Waals surface area contributed by atoms with Crippen molar-refractivity contribution in [2.45, 2.75) is 16.2 Å². The summed E-state index contributed by atoms with van der Waals surface area (Å²) in [5.41, 5.74) is 0.866. The summed E-state index contributed by atoms with van der Waals surface area (Å²) in [7, 11) is -2.30. The molecule has 1 amide bonds. The summed E-state index contributed by atoms with van der Waals surface area (Å²) in [6.45, 7) is 0. The van der Waals surface area contributed by atoms with Crippen LogP contribution in [0.15, 0.2) is 58.3 Å². The molecule has 130 valence electrons. The fourth-order valence-corrected chi connectivity index (χ4v) is 3.66. The number of nitrogens with one attached hydrogen (secondary N) is 2. The van der Waals surface area contributed by atoms with Crippen LogP contribution < -0.4 is 10.0 Å². The molecule has 2 aromatic carbocycles. The second-order valence-electron chi connectivity index (χ2n) is 4.94. The number of hydrogen-bond donors (Lipinski definition) is 2. The van der Waals surface area contributed by atoms with Gasteiger partial charge in [0.2, 0.25) is 10.0 Å². The lowest BCUT2D eigenvalue weighted by atomic mass is 10.2. The molecule has 0 heterocycles. The molecule has 0 radical (unpaired) electrons. The number of hydrogen-bond acceptors (Lipinski definition) is 5. The molecule has 0 aliphatic heterocycles. The second-order valence-corrected chi connectivity index (χ2v) is 7.97. The zero-order valence-corrected chi connectivity index (χ0v) is 15.2. The molecule has 2 N–H and O–H groups in total. The van der Waals surface area contributed by atoms with Crippen LogP contribution in [0.5, 0.6) is 0 Å². The zero-order valence-electron chi connectivity index (χ0n) is 13.5. The Morgan fingerprint density at radius 2 is 1.96 bits per heavy atom. The van der Waals surface area contributed by atoms with Gasteiger partial charge in [0, 0.05) is 22.6 Å².